The van der Waals surface area contributed by atoms with E-state index in [9.17, 15) is 4.79 Å². The van der Waals surface area contributed by atoms with E-state index in [-0.39, 0.29) is 5.91 Å². The van der Waals surface area contributed by atoms with Crippen molar-refractivity contribution in [3.8, 4) is 0 Å². The number of nitrogens with one attached hydrogen (secondary N) is 1. The van der Waals surface area contributed by atoms with E-state index in [4.69, 9.17) is 4.98 Å². The van der Waals surface area contributed by atoms with Crippen molar-refractivity contribution in [2.75, 3.05) is 44.2 Å². The van der Waals surface area contributed by atoms with Gasteiger partial charge in [-0.25, -0.2) is 4.98 Å². The van der Waals surface area contributed by atoms with Crippen molar-refractivity contribution in [1.29, 1.82) is 0 Å². The Morgan fingerprint density at radius 3 is 2.83 bits per heavy atom. The Morgan fingerprint density at radius 1 is 1.24 bits per heavy atom. The summed E-state index contributed by atoms with van der Waals surface area (Å²) in [7, 11) is 0. The summed E-state index contributed by atoms with van der Waals surface area (Å²) in [6.07, 6.45) is 3.47. The lowest BCUT2D eigenvalue weighted by atomic mass is 10.1. The van der Waals surface area contributed by atoms with Crippen LogP contribution in [0.3, 0.4) is 0 Å². The van der Waals surface area contributed by atoms with Crippen LogP contribution in [-0.2, 0) is 4.79 Å². The number of nitrogens with zero attached hydrogens (tertiary/aromatic N) is 3. The van der Waals surface area contributed by atoms with Gasteiger partial charge in [-0.05, 0) is 48.6 Å². The minimum absolute atomic E-state index is 0.0304. The van der Waals surface area contributed by atoms with E-state index < -0.39 is 0 Å². The second-order valence-electron chi connectivity index (χ2n) is 7.39. The minimum atomic E-state index is -0.0304. The molecule has 29 heavy (non-hydrogen) atoms. The summed E-state index contributed by atoms with van der Waals surface area (Å²) < 4.78 is 1.28. The molecule has 0 atom stereocenters. The number of thiazole rings is 1. The number of hydrogen-bond donors (Lipinski definition) is 1. The molecule has 1 aliphatic heterocycles. The number of fused-ring (bicyclic) bond motifs is 1. The first-order chi connectivity index (χ1) is 14.1. The van der Waals surface area contributed by atoms with Gasteiger partial charge in [-0.2, -0.15) is 0 Å². The number of aryl methyl sites for hydroxylation is 2. The zero-order chi connectivity index (χ0) is 20.2. The molecule has 0 spiro atoms. The number of piperazine rings is 1. The molecule has 3 aromatic rings. The molecule has 0 saturated carbocycles. The van der Waals surface area contributed by atoms with E-state index in [1.165, 1.54) is 15.8 Å². The predicted octanol–water partition coefficient (Wildman–Crippen LogP) is 3.93. The van der Waals surface area contributed by atoms with Gasteiger partial charge in [0.25, 0.3) is 0 Å². The lowest BCUT2D eigenvalue weighted by Gasteiger charge is -2.34. The standard InChI is InChI=1S/C22H26N4OS2/c1-16-14-17(2)21-19(15-16)29-22(24-21)26-11-9-25(10-12-26)8-7-23-20(27)6-5-18-4-3-13-28-18/h3-6,13-15H,7-12H2,1-2H3,(H,23,27)/b6-5+. The van der Waals surface area contributed by atoms with Crippen LogP contribution in [0.1, 0.15) is 16.0 Å². The van der Waals surface area contributed by atoms with Crippen LogP contribution in [0.5, 0.6) is 0 Å². The van der Waals surface area contributed by atoms with Crippen LogP contribution in [0.15, 0.2) is 35.7 Å². The van der Waals surface area contributed by atoms with Gasteiger partial charge < -0.3 is 10.2 Å². The van der Waals surface area contributed by atoms with Gasteiger partial charge in [0.2, 0.25) is 5.91 Å². The van der Waals surface area contributed by atoms with Crippen molar-refractivity contribution in [2.24, 2.45) is 0 Å². The zero-order valence-corrected chi connectivity index (χ0v) is 18.5. The van der Waals surface area contributed by atoms with Gasteiger partial charge in [0, 0.05) is 50.2 Å². The lowest BCUT2D eigenvalue weighted by Crippen LogP contribution is -2.48. The van der Waals surface area contributed by atoms with E-state index >= 15 is 0 Å². The summed E-state index contributed by atoms with van der Waals surface area (Å²) >= 11 is 3.42. The molecular weight excluding hydrogens is 400 g/mol. The molecular formula is C22H26N4OS2. The van der Waals surface area contributed by atoms with Gasteiger partial charge in [0.05, 0.1) is 10.2 Å². The third-order valence-corrected chi connectivity index (χ3v) is 7.03. The van der Waals surface area contributed by atoms with Gasteiger partial charge in [0.15, 0.2) is 5.13 Å². The van der Waals surface area contributed by atoms with Crippen LogP contribution in [0.25, 0.3) is 16.3 Å². The Hall–Kier alpha value is -2.22. The quantitative estimate of drug-likeness (QED) is 0.607. The smallest absolute Gasteiger partial charge is 0.244 e. The van der Waals surface area contributed by atoms with Gasteiger partial charge in [-0.15, -0.1) is 11.3 Å². The van der Waals surface area contributed by atoms with Crippen LogP contribution in [0, 0.1) is 13.8 Å². The van der Waals surface area contributed by atoms with Gasteiger partial charge in [-0.1, -0.05) is 23.5 Å². The predicted molar refractivity (Wildman–Crippen MR) is 124 cm³/mol. The first kappa shape index (κ1) is 20.1. The molecule has 1 fully saturated rings. The summed E-state index contributed by atoms with van der Waals surface area (Å²) in [5.41, 5.74) is 3.68. The highest BCUT2D eigenvalue weighted by molar-refractivity contribution is 7.22. The van der Waals surface area contributed by atoms with Crippen LogP contribution in [-0.4, -0.2) is 55.1 Å². The van der Waals surface area contributed by atoms with E-state index in [2.05, 4.69) is 41.1 Å². The monoisotopic (exact) mass is 426 g/mol. The van der Waals surface area contributed by atoms with E-state index in [1.54, 1.807) is 28.7 Å². The van der Waals surface area contributed by atoms with Crippen molar-refractivity contribution in [1.82, 2.24) is 15.2 Å². The number of rotatable bonds is 6. The third kappa shape index (κ3) is 5.04. The van der Waals surface area contributed by atoms with E-state index in [1.807, 2.05) is 23.6 Å². The maximum absolute atomic E-state index is 11.9. The fraction of sp³-hybridized carbons (Fsp3) is 0.364. The zero-order valence-electron chi connectivity index (χ0n) is 16.9. The Labute approximate surface area is 179 Å². The van der Waals surface area contributed by atoms with Crippen LogP contribution < -0.4 is 10.2 Å². The highest BCUT2D eigenvalue weighted by Crippen LogP contribution is 2.32. The Kier molecular flexibility index (Phi) is 6.28. The average Bonchev–Trinajstić information content (AvgIpc) is 3.37. The highest BCUT2D eigenvalue weighted by atomic mass is 32.1. The maximum atomic E-state index is 11.9. The minimum Gasteiger partial charge on any atom is -0.351 e. The summed E-state index contributed by atoms with van der Waals surface area (Å²) in [6.45, 7) is 9.78. The Morgan fingerprint density at radius 2 is 2.07 bits per heavy atom. The molecule has 0 radical (unpaired) electrons. The molecule has 152 valence electrons. The maximum Gasteiger partial charge on any atom is 0.244 e. The van der Waals surface area contributed by atoms with Crippen LogP contribution in [0.2, 0.25) is 0 Å². The number of thiophene rings is 1. The Balaban J connectivity index is 1.23. The van der Waals surface area contributed by atoms with Gasteiger partial charge >= 0.3 is 0 Å². The molecule has 1 aromatic carbocycles. The largest absolute Gasteiger partial charge is 0.351 e. The fourth-order valence-corrected chi connectivity index (χ4v) is 5.41. The number of carbonyl (C=O) groups excluding carboxylic acids is 1. The first-order valence-electron chi connectivity index (χ1n) is 9.93. The first-order valence-corrected chi connectivity index (χ1v) is 11.6. The number of aromatic nitrogens is 1. The summed E-state index contributed by atoms with van der Waals surface area (Å²) in [5.74, 6) is -0.0304. The highest BCUT2D eigenvalue weighted by Gasteiger charge is 2.20. The summed E-state index contributed by atoms with van der Waals surface area (Å²) in [6, 6.07) is 8.42. The molecule has 7 heteroatoms. The fourth-order valence-electron chi connectivity index (χ4n) is 3.60. The van der Waals surface area contributed by atoms with E-state index in [0.717, 1.165) is 48.2 Å². The third-order valence-electron chi connectivity index (χ3n) is 5.13. The molecule has 1 N–H and O–H groups in total. The lowest BCUT2D eigenvalue weighted by molar-refractivity contribution is -0.116. The number of anilines is 1. The average molecular weight is 427 g/mol. The van der Waals surface area contributed by atoms with Crippen molar-refractivity contribution in [3.05, 3.63) is 51.7 Å². The molecule has 0 unspecified atom stereocenters. The number of amides is 1. The number of hydrogen-bond acceptors (Lipinski definition) is 6. The molecule has 2 aromatic heterocycles. The van der Waals surface area contributed by atoms with Crippen molar-refractivity contribution in [3.63, 3.8) is 0 Å². The van der Waals surface area contributed by atoms with Crippen molar-refractivity contribution in [2.45, 2.75) is 13.8 Å². The molecule has 1 aliphatic rings. The van der Waals surface area contributed by atoms with Gasteiger partial charge in [-0.3, -0.25) is 9.69 Å². The topological polar surface area (TPSA) is 48.5 Å². The molecule has 1 saturated heterocycles. The SMILES string of the molecule is Cc1cc(C)c2nc(N3CCN(CCNC(=O)/C=C/c4cccs4)CC3)sc2c1. The number of benzene rings is 1. The summed E-state index contributed by atoms with van der Waals surface area (Å²) in [5, 5.41) is 6.11. The molecule has 0 bridgehead atoms. The molecule has 1 amide bonds. The van der Waals surface area contributed by atoms with E-state index in [0.29, 0.717) is 6.54 Å². The number of carbonyl (C=O) groups is 1. The van der Waals surface area contributed by atoms with Crippen molar-refractivity contribution < 1.29 is 4.79 Å². The van der Waals surface area contributed by atoms with Crippen molar-refractivity contribution >= 4 is 50.0 Å². The summed E-state index contributed by atoms with van der Waals surface area (Å²) in [4.78, 5) is 22.7. The molecule has 3 heterocycles. The Bertz CT molecular complexity index is 1000. The van der Waals surface area contributed by atoms with Gasteiger partial charge in [0.1, 0.15) is 0 Å². The molecule has 5 nitrogen and oxygen atoms in total. The van der Waals surface area contributed by atoms with Crippen LogP contribution >= 0.6 is 22.7 Å². The molecule has 0 aliphatic carbocycles. The normalized spacial score (nSPS) is 15.4. The second kappa shape index (κ2) is 9.07. The second-order valence-corrected chi connectivity index (χ2v) is 9.38. The van der Waals surface area contributed by atoms with Crippen LogP contribution in [0.4, 0.5) is 5.13 Å². The molecule has 4 rings (SSSR count).